The minimum atomic E-state index is -0.840. The molecule has 0 saturated carbocycles. The molecular weight excluding hydrogens is 458 g/mol. The van der Waals surface area contributed by atoms with E-state index < -0.39 is 6.04 Å². The summed E-state index contributed by atoms with van der Waals surface area (Å²) in [4.78, 5) is 29.2. The van der Waals surface area contributed by atoms with Crippen molar-refractivity contribution < 1.29 is 18.7 Å². The van der Waals surface area contributed by atoms with Gasteiger partial charge >= 0.3 is 0 Å². The van der Waals surface area contributed by atoms with E-state index in [1.54, 1.807) is 28.0 Å². The molecule has 9 nitrogen and oxygen atoms in total. The zero-order chi connectivity index (χ0) is 24.9. The van der Waals surface area contributed by atoms with Crippen LogP contribution in [-0.4, -0.2) is 51.0 Å². The molecule has 1 N–H and O–H groups in total. The van der Waals surface area contributed by atoms with Gasteiger partial charge in [-0.1, -0.05) is 41.6 Å². The number of carbonyl (C=O) groups is 2. The van der Waals surface area contributed by atoms with Gasteiger partial charge in [-0.05, 0) is 55.2 Å². The number of rotatable bonds is 9. The van der Waals surface area contributed by atoms with Gasteiger partial charge in [0.2, 0.25) is 11.8 Å². The lowest BCUT2D eigenvalue weighted by Gasteiger charge is -2.33. The zero-order valence-corrected chi connectivity index (χ0v) is 20.2. The lowest BCUT2D eigenvalue weighted by atomic mass is 9.98. The molecule has 186 valence electrons. The van der Waals surface area contributed by atoms with Crippen molar-refractivity contribution in [1.82, 2.24) is 25.2 Å². The number of carbonyl (C=O) groups excluding carboxylic acids is 2. The van der Waals surface area contributed by atoms with Gasteiger partial charge in [-0.15, -0.1) is 5.10 Å². The number of ether oxygens (including phenoxy) is 1. The fraction of sp³-hybridized carbons (Fsp3) is 0.333. The molecule has 2 aromatic carbocycles. The molecule has 2 aromatic heterocycles. The van der Waals surface area contributed by atoms with E-state index in [2.05, 4.69) is 15.6 Å². The van der Waals surface area contributed by atoms with Crippen LogP contribution >= 0.6 is 0 Å². The number of nitrogens with one attached hydrogen (secondary N) is 1. The van der Waals surface area contributed by atoms with Crippen molar-refractivity contribution in [3.05, 3.63) is 83.8 Å². The van der Waals surface area contributed by atoms with Crippen molar-refractivity contribution in [3.8, 4) is 0 Å². The smallest absolute Gasteiger partial charge is 0.247 e. The third-order valence-corrected chi connectivity index (χ3v) is 6.51. The van der Waals surface area contributed by atoms with Gasteiger partial charge in [0.15, 0.2) is 0 Å². The van der Waals surface area contributed by atoms with E-state index in [-0.39, 0.29) is 31.0 Å². The second-order valence-electron chi connectivity index (χ2n) is 8.97. The zero-order valence-electron chi connectivity index (χ0n) is 20.2. The molecule has 2 atom stereocenters. The Bertz CT molecular complexity index is 1330. The van der Waals surface area contributed by atoms with Crippen LogP contribution in [0.3, 0.4) is 0 Å². The van der Waals surface area contributed by atoms with E-state index in [1.807, 2.05) is 55.5 Å². The summed E-state index contributed by atoms with van der Waals surface area (Å²) in [5, 5.41) is 11.3. The van der Waals surface area contributed by atoms with Crippen LogP contribution in [0.2, 0.25) is 0 Å². The highest BCUT2D eigenvalue weighted by atomic mass is 16.5. The normalized spacial score (nSPS) is 16.2. The molecular formula is C27H29N5O4. The molecule has 0 aliphatic carbocycles. The van der Waals surface area contributed by atoms with E-state index in [1.165, 1.54) is 0 Å². The first-order chi connectivity index (χ1) is 17.6. The van der Waals surface area contributed by atoms with Crippen molar-refractivity contribution >= 4 is 22.8 Å². The molecule has 0 bridgehead atoms. The van der Waals surface area contributed by atoms with Gasteiger partial charge in [-0.25, -0.2) is 4.68 Å². The molecule has 1 saturated heterocycles. The summed E-state index contributed by atoms with van der Waals surface area (Å²) in [7, 11) is 0. The summed E-state index contributed by atoms with van der Waals surface area (Å²) >= 11 is 0. The Kier molecular flexibility index (Phi) is 7.08. The number of hydrogen-bond acceptors (Lipinski definition) is 6. The van der Waals surface area contributed by atoms with Gasteiger partial charge < -0.3 is 19.4 Å². The van der Waals surface area contributed by atoms with Crippen LogP contribution < -0.4 is 5.32 Å². The Morgan fingerprint density at radius 1 is 1.14 bits per heavy atom. The molecule has 5 rings (SSSR count). The highest BCUT2D eigenvalue weighted by molar-refractivity contribution is 5.89. The minimum absolute atomic E-state index is 0.0406. The SMILES string of the molecule is Cc1ccccc1[C@H](C(=O)NCc1ccco1)N(C[C@@H]1CCCO1)C(=O)Cn1nnc2ccccc21. The molecule has 0 spiro atoms. The van der Waals surface area contributed by atoms with Crippen LogP contribution in [0.4, 0.5) is 0 Å². The van der Waals surface area contributed by atoms with Gasteiger partial charge in [-0.3, -0.25) is 9.59 Å². The topological polar surface area (TPSA) is 102 Å². The third kappa shape index (κ3) is 5.16. The molecule has 9 heteroatoms. The number of para-hydroxylation sites is 1. The second-order valence-corrected chi connectivity index (χ2v) is 8.97. The molecule has 1 aliphatic heterocycles. The number of hydrogen-bond donors (Lipinski definition) is 1. The number of nitrogens with zero attached hydrogens (tertiary/aromatic N) is 4. The van der Waals surface area contributed by atoms with Crippen molar-refractivity contribution in [3.63, 3.8) is 0 Å². The third-order valence-electron chi connectivity index (χ3n) is 6.51. The van der Waals surface area contributed by atoms with Gasteiger partial charge in [0, 0.05) is 13.2 Å². The Labute approximate surface area is 209 Å². The second kappa shape index (κ2) is 10.7. The van der Waals surface area contributed by atoms with Gasteiger partial charge in [0.05, 0.1) is 24.4 Å². The average molecular weight is 488 g/mol. The Morgan fingerprint density at radius 3 is 2.75 bits per heavy atom. The molecule has 1 aliphatic rings. The van der Waals surface area contributed by atoms with E-state index in [0.29, 0.717) is 24.4 Å². The maximum atomic E-state index is 13.9. The van der Waals surface area contributed by atoms with Crippen LogP contribution in [0.1, 0.15) is 35.8 Å². The molecule has 0 unspecified atom stereocenters. The van der Waals surface area contributed by atoms with Gasteiger partial charge in [-0.2, -0.15) is 0 Å². The van der Waals surface area contributed by atoms with E-state index in [9.17, 15) is 9.59 Å². The molecule has 4 aromatic rings. The van der Waals surface area contributed by atoms with Crippen LogP contribution in [0.5, 0.6) is 0 Å². The first kappa shape index (κ1) is 23.7. The summed E-state index contributed by atoms with van der Waals surface area (Å²) < 4.78 is 12.8. The summed E-state index contributed by atoms with van der Waals surface area (Å²) in [5.41, 5.74) is 3.16. The molecule has 0 radical (unpaired) electrons. The Hall–Kier alpha value is -3.98. The van der Waals surface area contributed by atoms with Crippen LogP contribution in [0, 0.1) is 6.92 Å². The van der Waals surface area contributed by atoms with Gasteiger partial charge in [0.25, 0.3) is 0 Å². The van der Waals surface area contributed by atoms with Crippen molar-refractivity contribution in [2.24, 2.45) is 0 Å². The summed E-state index contributed by atoms with van der Waals surface area (Å²) in [6, 6.07) is 17.9. The van der Waals surface area contributed by atoms with Crippen LogP contribution in [-0.2, 0) is 27.4 Å². The summed E-state index contributed by atoms with van der Waals surface area (Å²) in [6.07, 6.45) is 3.20. The van der Waals surface area contributed by atoms with E-state index in [4.69, 9.17) is 9.15 Å². The molecule has 1 fully saturated rings. The predicted octanol–water partition coefficient (Wildman–Crippen LogP) is 3.40. The summed E-state index contributed by atoms with van der Waals surface area (Å²) in [5.74, 6) is 0.121. The number of aryl methyl sites for hydroxylation is 1. The van der Waals surface area contributed by atoms with Crippen molar-refractivity contribution in [2.75, 3.05) is 13.2 Å². The number of furan rings is 1. The van der Waals surface area contributed by atoms with E-state index >= 15 is 0 Å². The van der Waals surface area contributed by atoms with Crippen LogP contribution in [0.15, 0.2) is 71.3 Å². The minimum Gasteiger partial charge on any atom is -0.467 e. The Morgan fingerprint density at radius 2 is 1.97 bits per heavy atom. The maximum Gasteiger partial charge on any atom is 0.247 e. The van der Waals surface area contributed by atoms with E-state index in [0.717, 1.165) is 29.5 Å². The quantitative estimate of drug-likeness (QED) is 0.388. The lowest BCUT2D eigenvalue weighted by Crippen LogP contribution is -2.48. The largest absolute Gasteiger partial charge is 0.467 e. The molecule has 36 heavy (non-hydrogen) atoms. The fourth-order valence-electron chi connectivity index (χ4n) is 4.64. The van der Waals surface area contributed by atoms with Gasteiger partial charge in [0.1, 0.15) is 23.9 Å². The first-order valence-electron chi connectivity index (χ1n) is 12.1. The Balaban J connectivity index is 1.48. The number of fused-ring (bicyclic) bond motifs is 1. The number of benzene rings is 2. The fourth-order valence-corrected chi connectivity index (χ4v) is 4.64. The lowest BCUT2D eigenvalue weighted by molar-refractivity contribution is -0.143. The highest BCUT2D eigenvalue weighted by Crippen LogP contribution is 2.27. The predicted molar refractivity (Wildman–Crippen MR) is 133 cm³/mol. The monoisotopic (exact) mass is 487 g/mol. The first-order valence-corrected chi connectivity index (χ1v) is 12.1. The van der Waals surface area contributed by atoms with Crippen LogP contribution in [0.25, 0.3) is 11.0 Å². The van der Waals surface area contributed by atoms with Crippen molar-refractivity contribution in [2.45, 2.75) is 45.0 Å². The number of aromatic nitrogens is 3. The number of amides is 2. The standard InChI is InChI=1S/C27H29N5O4/c1-19-8-2-3-11-22(19)26(27(34)28-16-20-9-6-14-35-20)31(17-21-10-7-15-36-21)25(33)18-32-24-13-5-4-12-23(24)29-30-32/h2-6,8-9,11-14,21,26H,7,10,15-18H2,1H3,(H,28,34)/t21-,26+/m0/s1. The molecule has 3 heterocycles. The summed E-state index contributed by atoms with van der Waals surface area (Å²) in [6.45, 7) is 3.09. The average Bonchev–Trinajstić information content (AvgIpc) is 3.67. The highest BCUT2D eigenvalue weighted by Gasteiger charge is 2.35. The van der Waals surface area contributed by atoms with Crippen molar-refractivity contribution in [1.29, 1.82) is 0 Å². The molecule has 2 amide bonds. The maximum absolute atomic E-state index is 13.9.